The molecule has 0 aromatic heterocycles. The second kappa shape index (κ2) is 8.06. The van der Waals surface area contributed by atoms with E-state index < -0.39 is 23.9 Å². The van der Waals surface area contributed by atoms with Gasteiger partial charge in [0.25, 0.3) is 23.7 Å². The maximum absolute atomic E-state index is 14.1. The number of carbonyl (C=O) groups excluding carboxylic acids is 3. The number of rotatable bonds is 5. The molecule has 1 aromatic carbocycles. The van der Waals surface area contributed by atoms with Gasteiger partial charge in [-0.1, -0.05) is 12.1 Å². The van der Waals surface area contributed by atoms with Crippen molar-refractivity contribution in [1.29, 1.82) is 0 Å². The second-order valence-corrected chi connectivity index (χ2v) is 7.84. The highest BCUT2D eigenvalue weighted by atomic mass is 19.1. The van der Waals surface area contributed by atoms with Crippen LogP contribution in [0.5, 0.6) is 0 Å². The first kappa shape index (κ1) is 20.9. The van der Waals surface area contributed by atoms with E-state index in [-0.39, 0.29) is 12.4 Å². The number of anilines is 1. The Morgan fingerprint density at radius 3 is 2.48 bits per heavy atom. The van der Waals surface area contributed by atoms with E-state index in [9.17, 15) is 18.8 Å². The number of amides is 4. The lowest BCUT2D eigenvalue weighted by Gasteiger charge is -2.35. The van der Waals surface area contributed by atoms with Crippen LogP contribution >= 0.6 is 0 Å². The van der Waals surface area contributed by atoms with Crippen molar-refractivity contribution in [2.24, 2.45) is 10.7 Å². The van der Waals surface area contributed by atoms with Gasteiger partial charge in [-0.25, -0.2) is 13.8 Å². The summed E-state index contributed by atoms with van der Waals surface area (Å²) in [6, 6.07) is 5.36. The molecule has 2 fully saturated rings. The third kappa shape index (κ3) is 3.76. The summed E-state index contributed by atoms with van der Waals surface area (Å²) in [5.41, 5.74) is 6.00. The number of piperazine rings is 1. The van der Waals surface area contributed by atoms with Crippen molar-refractivity contribution in [2.45, 2.75) is 6.04 Å². The number of aliphatic imine (C=N–C) groups is 1. The van der Waals surface area contributed by atoms with E-state index in [1.807, 2.05) is 11.0 Å². The SMILES string of the molecule is CN1C(=O)C2C(=NC(CN3CCN(c4ccccc4F)CC3)=[N+]2CC(N)=O)N(C)C1=O. The van der Waals surface area contributed by atoms with Gasteiger partial charge in [-0.15, -0.1) is 0 Å². The highest BCUT2D eigenvalue weighted by Crippen LogP contribution is 2.22. The highest BCUT2D eigenvalue weighted by molar-refractivity contribution is 6.23. The summed E-state index contributed by atoms with van der Waals surface area (Å²) in [6.45, 7) is 2.77. The Hall–Kier alpha value is -3.34. The van der Waals surface area contributed by atoms with Gasteiger partial charge in [-0.3, -0.25) is 24.3 Å². The molecule has 31 heavy (non-hydrogen) atoms. The Labute approximate surface area is 179 Å². The first-order valence-electron chi connectivity index (χ1n) is 10.0. The number of imide groups is 1. The smallest absolute Gasteiger partial charge is 0.333 e. The lowest BCUT2D eigenvalue weighted by molar-refractivity contribution is -0.525. The number of para-hydroxylation sites is 1. The fraction of sp³-hybridized carbons (Fsp3) is 0.450. The number of nitrogens with two attached hydrogens (primary N) is 1. The maximum Gasteiger partial charge on any atom is 0.333 e. The minimum absolute atomic E-state index is 0.177. The van der Waals surface area contributed by atoms with Crippen LogP contribution in [0.15, 0.2) is 29.3 Å². The van der Waals surface area contributed by atoms with Gasteiger partial charge in [0.05, 0.1) is 5.69 Å². The molecule has 1 unspecified atom stereocenters. The number of nitrogens with zero attached hydrogens (tertiary/aromatic N) is 6. The Morgan fingerprint density at radius 1 is 1.16 bits per heavy atom. The Balaban J connectivity index is 1.53. The summed E-state index contributed by atoms with van der Waals surface area (Å²) in [7, 11) is 2.95. The number of primary amides is 1. The van der Waals surface area contributed by atoms with Crippen molar-refractivity contribution >= 4 is 35.2 Å². The summed E-state index contributed by atoms with van der Waals surface area (Å²) in [5, 5.41) is 0. The van der Waals surface area contributed by atoms with Crippen LogP contribution in [-0.4, -0.2) is 108 Å². The number of halogens is 1. The van der Waals surface area contributed by atoms with E-state index in [1.54, 1.807) is 23.8 Å². The summed E-state index contributed by atoms with van der Waals surface area (Å²) >= 11 is 0. The van der Waals surface area contributed by atoms with Crippen LogP contribution in [0.1, 0.15) is 0 Å². The first-order valence-corrected chi connectivity index (χ1v) is 10.0. The predicted molar refractivity (Wildman–Crippen MR) is 112 cm³/mol. The fourth-order valence-corrected chi connectivity index (χ4v) is 4.18. The van der Waals surface area contributed by atoms with Gasteiger partial charge >= 0.3 is 11.9 Å². The van der Waals surface area contributed by atoms with Crippen LogP contribution in [-0.2, 0) is 9.59 Å². The van der Waals surface area contributed by atoms with Crippen LogP contribution in [0.4, 0.5) is 14.9 Å². The molecule has 0 bridgehead atoms. The largest absolute Gasteiger partial charge is 0.367 e. The van der Waals surface area contributed by atoms with E-state index in [2.05, 4.69) is 9.89 Å². The highest BCUT2D eigenvalue weighted by Gasteiger charge is 2.53. The molecule has 0 aliphatic carbocycles. The fourth-order valence-electron chi connectivity index (χ4n) is 4.18. The number of carbonyl (C=O) groups is 3. The lowest BCUT2D eigenvalue weighted by Crippen LogP contribution is -2.62. The lowest BCUT2D eigenvalue weighted by atomic mass is 10.1. The second-order valence-electron chi connectivity index (χ2n) is 7.84. The normalized spacial score (nSPS) is 22.2. The molecule has 0 spiro atoms. The van der Waals surface area contributed by atoms with Crippen LogP contribution in [0.3, 0.4) is 0 Å². The number of hydrogen-bond acceptors (Lipinski definition) is 6. The summed E-state index contributed by atoms with van der Waals surface area (Å²) < 4.78 is 15.7. The van der Waals surface area contributed by atoms with Gasteiger partial charge in [0, 0.05) is 40.3 Å². The third-order valence-corrected chi connectivity index (χ3v) is 5.87. The quantitative estimate of drug-likeness (QED) is 0.613. The molecule has 164 valence electrons. The molecule has 0 saturated carbocycles. The first-order chi connectivity index (χ1) is 14.8. The molecule has 10 nitrogen and oxygen atoms in total. The minimum atomic E-state index is -0.852. The molecule has 11 heteroatoms. The molecule has 3 heterocycles. The summed E-state index contributed by atoms with van der Waals surface area (Å²) in [6.07, 6.45) is 0. The number of likely N-dealkylation sites (N-methyl/N-ethyl adjacent to an activating group) is 2. The number of fused-ring (bicyclic) bond motifs is 1. The average molecular weight is 430 g/mol. The Morgan fingerprint density at radius 2 is 1.84 bits per heavy atom. The van der Waals surface area contributed by atoms with Crippen molar-refractivity contribution in [1.82, 2.24) is 14.7 Å². The molecule has 3 aliphatic heterocycles. The zero-order valence-electron chi connectivity index (χ0n) is 17.5. The van der Waals surface area contributed by atoms with E-state index in [0.29, 0.717) is 50.1 Å². The van der Waals surface area contributed by atoms with Gasteiger partial charge in [0.15, 0.2) is 6.54 Å². The van der Waals surface area contributed by atoms with Crippen LogP contribution in [0.25, 0.3) is 0 Å². The van der Waals surface area contributed by atoms with Crippen LogP contribution in [0.2, 0.25) is 0 Å². The molecular weight excluding hydrogens is 405 g/mol. The summed E-state index contributed by atoms with van der Waals surface area (Å²) in [4.78, 5) is 47.7. The van der Waals surface area contributed by atoms with Crippen LogP contribution < -0.4 is 10.6 Å². The number of amidine groups is 2. The van der Waals surface area contributed by atoms with E-state index in [4.69, 9.17) is 5.73 Å². The standard InChI is InChI=1S/C20H24FN7O3/c1-24-18-17(19(30)25(2)20(24)31)28(11-15(22)29)16(23-18)12-26-7-9-27(10-8-26)14-6-4-3-5-13(14)21/h3-6,17H,7-12H2,1-2H3,(H-,22,29)/p+1. The monoisotopic (exact) mass is 430 g/mol. The molecule has 1 atom stereocenters. The van der Waals surface area contributed by atoms with Gasteiger partial charge in [0.1, 0.15) is 12.4 Å². The number of hydrogen-bond donors (Lipinski definition) is 1. The molecule has 2 N–H and O–H groups in total. The Kier molecular flexibility index (Phi) is 5.44. The molecule has 1 aromatic rings. The van der Waals surface area contributed by atoms with Crippen molar-refractivity contribution in [2.75, 3.05) is 58.3 Å². The number of urea groups is 1. The van der Waals surface area contributed by atoms with Gasteiger partial charge in [-0.05, 0) is 17.1 Å². The van der Waals surface area contributed by atoms with E-state index >= 15 is 0 Å². The zero-order valence-corrected chi connectivity index (χ0v) is 17.5. The van der Waals surface area contributed by atoms with E-state index in [0.717, 1.165) is 4.90 Å². The zero-order chi connectivity index (χ0) is 22.3. The van der Waals surface area contributed by atoms with Gasteiger partial charge < -0.3 is 10.6 Å². The van der Waals surface area contributed by atoms with Crippen molar-refractivity contribution < 1.29 is 23.3 Å². The predicted octanol–water partition coefficient (Wildman–Crippen LogP) is -0.851. The van der Waals surface area contributed by atoms with Crippen LogP contribution in [0, 0.1) is 5.82 Å². The molecule has 0 radical (unpaired) electrons. The van der Waals surface area contributed by atoms with Gasteiger partial charge in [0.2, 0.25) is 0 Å². The van der Waals surface area contributed by atoms with Crippen molar-refractivity contribution in [3.63, 3.8) is 0 Å². The summed E-state index contributed by atoms with van der Waals surface area (Å²) in [5.74, 6) is -0.467. The molecule has 3 aliphatic rings. The van der Waals surface area contributed by atoms with Gasteiger partial charge in [-0.2, -0.15) is 0 Å². The van der Waals surface area contributed by atoms with E-state index in [1.165, 1.54) is 18.0 Å². The van der Waals surface area contributed by atoms with Crippen molar-refractivity contribution in [3.05, 3.63) is 30.1 Å². The topological polar surface area (TPSA) is 106 Å². The van der Waals surface area contributed by atoms with Crippen molar-refractivity contribution in [3.8, 4) is 0 Å². The molecule has 2 saturated heterocycles. The molecule has 4 amide bonds. The maximum atomic E-state index is 14.1. The number of benzene rings is 1. The molecular formula is C20H25FN7O3+. The minimum Gasteiger partial charge on any atom is -0.367 e. The average Bonchev–Trinajstić information content (AvgIpc) is 3.09. The Bertz CT molecular complexity index is 1000. The third-order valence-electron chi connectivity index (χ3n) is 5.87. The molecule has 4 rings (SSSR count).